The second-order valence-corrected chi connectivity index (χ2v) is 8.64. The van der Waals surface area contributed by atoms with Gasteiger partial charge < -0.3 is 10.6 Å². The summed E-state index contributed by atoms with van der Waals surface area (Å²) in [7, 11) is 0. The normalized spacial score (nSPS) is 12.6. The molecule has 0 aliphatic heterocycles. The summed E-state index contributed by atoms with van der Waals surface area (Å²) >= 11 is 0. The minimum absolute atomic E-state index is 0.0514. The first-order chi connectivity index (χ1) is 12.5. The minimum atomic E-state index is -0.808. The lowest BCUT2D eigenvalue weighted by Gasteiger charge is -2.34. The third-order valence-electron chi connectivity index (χ3n) is 4.01. The number of hydrogen-bond donors (Lipinski definition) is 2. The van der Waals surface area contributed by atoms with Gasteiger partial charge in [-0.05, 0) is 38.2 Å². The summed E-state index contributed by atoms with van der Waals surface area (Å²) in [5.41, 5.74) is 0.539. The third-order valence-corrected chi connectivity index (χ3v) is 4.01. The van der Waals surface area contributed by atoms with Gasteiger partial charge in [0.05, 0.1) is 0 Å². The van der Waals surface area contributed by atoms with Gasteiger partial charge in [-0.2, -0.15) is 5.26 Å². The number of carbonyl (C=O) groups excluding carboxylic acids is 2. The van der Waals surface area contributed by atoms with E-state index >= 15 is 0 Å². The van der Waals surface area contributed by atoms with Gasteiger partial charge in [0.25, 0.3) is 5.91 Å². The van der Waals surface area contributed by atoms with Gasteiger partial charge in [0.15, 0.2) is 6.19 Å². The van der Waals surface area contributed by atoms with E-state index in [9.17, 15) is 14.9 Å². The molecule has 0 spiro atoms. The maximum absolute atomic E-state index is 12.7. The molecule has 0 fully saturated rings. The van der Waals surface area contributed by atoms with E-state index in [0.717, 1.165) is 16.9 Å². The van der Waals surface area contributed by atoms with Crippen LogP contribution in [-0.2, 0) is 11.2 Å². The molecule has 0 saturated carbocycles. The van der Waals surface area contributed by atoms with Crippen LogP contribution in [0.25, 0.3) is 0 Å². The molecule has 0 saturated heterocycles. The number of nitrogens with one attached hydrogen (secondary N) is 2. The Bertz CT molecular complexity index is 672. The van der Waals surface area contributed by atoms with E-state index in [1.165, 1.54) is 0 Å². The Kier molecular flexibility index (Phi) is 7.83. The van der Waals surface area contributed by atoms with Gasteiger partial charge in [-0.3, -0.25) is 4.79 Å². The first-order valence-electron chi connectivity index (χ1n) is 9.31. The highest BCUT2D eigenvalue weighted by molar-refractivity contribution is 5.88. The average molecular weight is 373 g/mol. The highest BCUT2D eigenvalue weighted by Gasteiger charge is 2.30. The van der Waals surface area contributed by atoms with Crippen molar-refractivity contribution < 1.29 is 9.59 Å². The van der Waals surface area contributed by atoms with Crippen LogP contribution >= 0.6 is 0 Å². The monoisotopic (exact) mass is 372 g/mol. The molecule has 27 heavy (non-hydrogen) atoms. The molecule has 0 aliphatic rings. The molecule has 1 aromatic rings. The quantitative estimate of drug-likeness (QED) is 0.568. The molecule has 6 heteroatoms. The maximum Gasteiger partial charge on any atom is 0.315 e. The van der Waals surface area contributed by atoms with E-state index in [0.29, 0.717) is 6.42 Å². The zero-order valence-corrected chi connectivity index (χ0v) is 17.3. The fraction of sp³-hybridized carbons (Fsp3) is 0.571. The van der Waals surface area contributed by atoms with Gasteiger partial charge in [-0.25, -0.2) is 9.69 Å². The van der Waals surface area contributed by atoms with Gasteiger partial charge in [-0.1, -0.05) is 51.1 Å². The molecule has 1 rings (SSSR count). The fourth-order valence-corrected chi connectivity index (χ4v) is 3.39. The van der Waals surface area contributed by atoms with E-state index < -0.39 is 23.5 Å². The van der Waals surface area contributed by atoms with Gasteiger partial charge in [-0.15, -0.1) is 0 Å². The van der Waals surface area contributed by atoms with Crippen molar-refractivity contribution in [1.82, 2.24) is 15.5 Å². The van der Waals surface area contributed by atoms with Crippen LogP contribution in [0.5, 0.6) is 0 Å². The van der Waals surface area contributed by atoms with E-state index in [1.54, 1.807) is 6.92 Å². The lowest BCUT2D eigenvalue weighted by molar-refractivity contribution is -0.129. The van der Waals surface area contributed by atoms with Crippen molar-refractivity contribution in [1.29, 1.82) is 5.26 Å². The maximum atomic E-state index is 12.7. The molecule has 1 aromatic carbocycles. The van der Waals surface area contributed by atoms with Gasteiger partial charge >= 0.3 is 6.03 Å². The van der Waals surface area contributed by atoms with E-state index in [-0.39, 0.29) is 12.0 Å². The summed E-state index contributed by atoms with van der Waals surface area (Å²) in [6, 6.07) is 8.22. The Labute approximate surface area is 162 Å². The van der Waals surface area contributed by atoms with Crippen molar-refractivity contribution in [3.05, 3.63) is 35.9 Å². The molecule has 6 nitrogen and oxygen atoms in total. The van der Waals surface area contributed by atoms with E-state index in [1.807, 2.05) is 50.4 Å². The van der Waals surface area contributed by atoms with Crippen molar-refractivity contribution in [3.63, 3.8) is 0 Å². The fourth-order valence-electron chi connectivity index (χ4n) is 3.39. The molecular formula is C21H32N4O2. The molecule has 3 amide bonds. The Balaban J connectivity index is 2.91. The van der Waals surface area contributed by atoms with Crippen LogP contribution in [0.2, 0.25) is 0 Å². The highest BCUT2D eigenvalue weighted by Crippen LogP contribution is 2.26. The Morgan fingerprint density at radius 3 is 2.22 bits per heavy atom. The molecule has 148 valence electrons. The predicted molar refractivity (Wildman–Crippen MR) is 107 cm³/mol. The van der Waals surface area contributed by atoms with Gasteiger partial charge in [0.2, 0.25) is 0 Å². The SMILES string of the molecule is CCN(C#N)C(=O)C(Cc1ccccc1)NC(=O)NC(C)(C)CC(C)(C)C. The predicted octanol–water partition coefficient (Wildman–Crippen LogP) is 3.44. The third kappa shape index (κ3) is 8.12. The average Bonchev–Trinajstić information content (AvgIpc) is 2.53. The standard InChI is InChI=1S/C21H32N4O2/c1-7-25(15-22)18(26)17(13-16-11-9-8-10-12-16)23-19(27)24-21(5,6)14-20(2,3)4/h8-12,17H,7,13-14H2,1-6H3,(H2,23,24,27). The molecule has 1 unspecified atom stereocenters. The zero-order valence-electron chi connectivity index (χ0n) is 17.3. The Hall–Kier alpha value is -2.55. The molecule has 2 N–H and O–H groups in total. The number of nitrogens with zero attached hydrogens (tertiary/aromatic N) is 2. The van der Waals surface area contributed by atoms with Gasteiger partial charge in [0.1, 0.15) is 6.04 Å². The number of benzene rings is 1. The van der Waals surface area contributed by atoms with Crippen LogP contribution < -0.4 is 10.6 Å². The van der Waals surface area contributed by atoms with Crippen molar-refractivity contribution in [3.8, 4) is 6.19 Å². The molecule has 0 aromatic heterocycles. The summed E-state index contributed by atoms with van der Waals surface area (Å²) in [4.78, 5) is 26.3. The van der Waals surface area contributed by atoms with Crippen molar-refractivity contribution >= 4 is 11.9 Å². The second kappa shape index (κ2) is 9.40. The lowest BCUT2D eigenvalue weighted by Crippen LogP contribution is -2.56. The van der Waals surface area contributed by atoms with Gasteiger partial charge in [0, 0.05) is 18.5 Å². The number of hydrogen-bond acceptors (Lipinski definition) is 3. The summed E-state index contributed by atoms with van der Waals surface area (Å²) in [5.74, 6) is -0.410. The first kappa shape index (κ1) is 22.5. The van der Waals surface area contributed by atoms with E-state index in [4.69, 9.17) is 0 Å². The highest BCUT2D eigenvalue weighted by atomic mass is 16.2. The summed E-state index contributed by atoms with van der Waals surface area (Å²) < 4.78 is 0. The molecular weight excluding hydrogens is 340 g/mol. The van der Waals surface area contributed by atoms with Crippen LogP contribution in [0.3, 0.4) is 0 Å². The number of urea groups is 1. The molecule has 1 atom stereocenters. The molecule has 0 heterocycles. The number of rotatable bonds is 7. The Morgan fingerprint density at radius 1 is 1.15 bits per heavy atom. The van der Waals surface area contributed by atoms with Crippen molar-refractivity contribution in [2.75, 3.05) is 6.54 Å². The van der Waals surface area contributed by atoms with Crippen LogP contribution in [0.1, 0.15) is 53.5 Å². The largest absolute Gasteiger partial charge is 0.333 e. The Morgan fingerprint density at radius 2 is 1.74 bits per heavy atom. The number of amides is 3. The van der Waals surface area contributed by atoms with Crippen LogP contribution in [0.4, 0.5) is 4.79 Å². The van der Waals surface area contributed by atoms with Crippen molar-refractivity contribution in [2.24, 2.45) is 5.41 Å². The van der Waals surface area contributed by atoms with Crippen LogP contribution in [0.15, 0.2) is 30.3 Å². The summed E-state index contributed by atoms with van der Waals surface area (Å²) in [6.07, 6.45) is 2.99. The van der Waals surface area contributed by atoms with Crippen LogP contribution in [0, 0.1) is 16.9 Å². The number of carbonyl (C=O) groups is 2. The summed E-state index contributed by atoms with van der Waals surface area (Å²) in [6.45, 7) is 12.2. The second-order valence-electron chi connectivity index (χ2n) is 8.64. The molecule has 0 bridgehead atoms. The topological polar surface area (TPSA) is 85.2 Å². The lowest BCUT2D eigenvalue weighted by atomic mass is 9.82. The molecule has 0 radical (unpaired) electrons. The molecule has 0 aliphatic carbocycles. The summed E-state index contributed by atoms with van der Waals surface area (Å²) in [5, 5.41) is 14.9. The zero-order chi connectivity index (χ0) is 20.7. The van der Waals surface area contributed by atoms with Crippen molar-refractivity contribution in [2.45, 2.75) is 66.0 Å². The number of nitriles is 1. The van der Waals surface area contributed by atoms with Crippen LogP contribution in [-0.4, -0.2) is 35.0 Å². The van der Waals surface area contributed by atoms with E-state index in [2.05, 4.69) is 31.4 Å². The smallest absolute Gasteiger partial charge is 0.315 e. The number of likely N-dealkylation sites (N-methyl/N-ethyl adjacent to an activating group) is 1. The minimum Gasteiger partial charge on any atom is -0.333 e. The first-order valence-corrected chi connectivity index (χ1v) is 9.31.